The van der Waals surface area contributed by atoms with Gasteiger partial charge in [-0.25, -0.2) is 4.39 Å². The fraction of sp³-hybridized carbons (Fsp3) is 0.364. The number of carbonyl (C=O) groups is 1. The Bertz CT molecular complexity index is 405. The fourth-order valence-corrected chi connectivity index (χ4v) is 1.95. The molecule has 0 saturated carbocycles. The van der Waals surface area contributed by atoms with Crippen molar-refractivity contribution in [2.24, 2.45) is 0 Å². The van der Waals surface area contributed by atoms with E-state index in [1.54, 1.807) is 6.07 Å². The summed E-state index contributed by atoms with van der Waals surface area (Å²) in [6.45, 7) is 1.64. The first-order valence-corrected chi connectivity index (χ1v) is 5.79. The summed E-state index contributed by atoms with van der Waals surface area (Å²) in [6.07, 6.45) is -0.586. The number of halogens is 2. The zero-order chi connectivity index (χ0) is 11.5. The van der Waals surface area contributed by atoms with E-state index < -0.39 is 11.9 Å². The van der Waals surface area contributed by atoms with Crippen LogP contribution in [0.25, 0.3) is 0 Å². The van der Waals surface area contributed by atoms with E-state index in [9.17, 15) is 9.18 Å². The molecule has 2 rings (SSSR count). The van der Waals surface area contributed by atoms with Crippen molar-refractivity contribution in [1.82, 2.24) is 5.32 Å². The maximum atomic E-state index is 13.5. The molecular weight excluding hydrogens is 277 g/mol. The summed E-state index contributed by atoms with van der Waals surface area (Å²) < 4.78 is 19.4. The Morgan fingerprint density at radius 3 is 3.06 bits per heavy atom. The van der Waals surface area contributed by atoms with Gasteiger partial charge >= 0.3 is 0 Å². The molecule has 86 valence electrons. The molecule has 0 amide bonds. The predicted octanol–water partition coefficient (Wildman–Crippen LogP) is 1.76. The lowest BCUT2D eigenvalue weighted by atomic mass is 10.0. The number of morpholine rings is 1. The summed E-state index contributed by atoms with van der Waals surface area (Å²) in [5, 5.41) is 3.04. The fourth-order valence-electron chi connectivity index (χ4n) is 1.59. The summed E-state index contributed by atoms with van der Waals surface area (Å²) in [6, 6.07) is 4.31. The standard InChI is InChI=1S/C11H11BrFNO2/c12-7-1-2-9(13)8(5-7)11(15)10-6-14-3-4-16-10/h1-2,5,10,14H,3-4,6H2. The summed E-state index contributed by atoms with van der Waals surface area (Å²) >= 11 is 3.21. The lowest BCUT2D eigenvalue weighted by Gasteiger charge is -2.22. The number of benzene rings is 1. The topological polar surface area (TPSA) is 38.3 Å². The Labute approximate surface area is 101 Å². The smallest absolute Gasteiger partial charge is 0.195 e. The molecule has 1 aromatic rings. The van der Waals surface area contributed by atoms with Gasteiger partial charge in [-0.3, -0.25) is 4.79 Å². The highest BCUT2D eigenvalue weighted by Crippen LogP contribution is 2.18. The van der Waals surface area contributed by atoms with Gasteiger partial charge in [0.25, 0.3) is 0 Å². The minimum atomic E-state index is -0.586. The van der Waals surface area contributed by atoms with Crippen LogP contribution in [0.5, 0.6) is 0 Å². The van der Waals surface area contributed by atoms with Gasteiger partial charge in [0, 0.05) is 17.6 Å². The molecule has 16 heavy (non-hydrogen) atoms. The molecule has 1 saturated heterocycles. The molecule has 1 atom stereocenters. The summed E-state index contributed by atoms with van der Waals surface area (Å²) in [4.78, 5) is 11.9. The first kappa shape index (κ1) is 11.7. The van der Waals surface area contributed by atoms with Crippen LogP contribution in [0.15, 0.2) is 22.7 Å². The number of ketones is 1. The highest BCUT2D eigenvalue weighted by molar-refractivity contribution is 9.10. The molecule has 1 fully saturated rings. The van der Waals surface area contributed by atoms with Crippen LogP contribution in [0.3, 0.4) is 0 Å². The highest BCUT2D eigenvalue weighted by Gasteiger charge is 2.25. The van der Waals surface area contributed by atoms with Gasteiger partial charge in [-0.2, -0.15) is 0 Å². The third-order valence-electron chi connectivity index (χ3n) is 2.41. The van der Waals surface area contributed by atoms with Gasteiger partial charge in [-0.1, -0.05) is 15.9 Å². The lowest BCUT2D eigenvalue weighted by Crippen LogP contribution is -2.43. The molecule has 3 nitrogen and oxygen atoms in total. The minimum absolute atomic E-state index is 0.0723. The molecule has 1 unspecified atom stereocenters. The molecule has 1 N–H and O–H groups in total. The number of rotatable bonds is 2. The van der Waals surface area contributed by atoms with Crippen LogP contribution < -0.4 is 5.32 Å². The maximum absolute atomic E-state index is 13.5. The van der Waals surface area contributed by atoms with E-state index in [1.807, 2.05) is 0 Å². The van der Waals surface area contributed by atoms with Crippen LogP contribution in [0.2, 0.25) is 0 Å². The number of hydrogen-bond donors (Lipinski definition) is 1. The van der Waals surface area contributed by atoms with Crippen LogP contribution >= 0.6 is 15.9 Å². The zero-order valence-corrected chi connectivity index (χ0v) is 10.1. The van der Waals surface area contributed by atoms with Crippen molar-refractivity contribution in [3.8, 4) is 0 Å². The molecule has 0 aromatic heterocycles. The molecule has 0 aliphatic carbocycles. The average Bonchev–Trinajstić information content (AvgIpc) is 2.32. The van der Waals surface area contributed by atoms with Gasteiger partial charge in [0.05, 0.1) is 12.2 Å². The van der Waals surface area contributed by atoms with Gasteiger partial charge in [0.2, 0.25) is 0 Å². The van der Waals surface area contributed by atoms with Crippen molar-refractivity contribution in [2.75, 3.05) is 19.7 Å². The number of Topliss-reactive ketones (excluding diaryl/α,β-unsaturated/α-hetero) is 1. The predicted molar refractivity (Wildman–Crippen MR) is 61.0 cm³/mol. The van der Waals surface area contributed by atoms with Gasteiger partial charge in [-0.15, -0.1) is 0 Å². The first-order chi connectivity index (χ1) is 7.68. The molecule has 1 aliphatic heterocycles. The summed E-state index contributed by atoms with van der Waals surface area (Å²) in [7, 11) is 0. The number of hydrogen-bond acceptors (Lipinski definition) is 3. The average molecular weight is 288 g/mol. The van der Waals surface area contributed by atoms with E-state index in [0.29, 0.717) is 17.6 Å². The molecule has 5 heteroatoms. The van der Waals surface area contributed by atoms with Crippen LogP contribution in [-0.2, 0) is 4.74 Å². The van der Waals surface area contributed by atoms with Crippen molar-refractivity contribution < 1.29 is 13.9 Å². The SMILES string of the molecule is O=C(c1cc(Br)ccc1F)C1CNCCO1. The normalized spacial score (nSPS) is 20.8. The second-order valence-electron chi connectivity index (χ2n) is 3.55. The number of ether oxygens (including phenoxy) is 1. The molecule has 0 radical (unpaired) electrons. The summed E-state index contributed by atoms with van der Waals surface area (Å²) in [5.41, 5.74) is 0.0723. The van der Waals surface area contributed by atoms with E-state index >= 15 is 0 Å². The van der Waals surface area contributed by atoms with E-state index in [1.165, 1.54) is 12.1 Å². The molecule has 1 aromatic carbocycles. The molecular formula is C11H11BrFNO2. The van der Waals surface area contributed by atoms with Gasteiger partial charge in [-0.05, 0) is 18.2 Å². The Morgan fingerprint density at radius 2 is 2.38 bits per heavy atom. The van der Waals surface area contributed by atoms with E-state index in [0.717, 1.165) is 6.54 Å². The van der Waals surface area contributed by atoms with Crippen molar-refractivity contribution >= 4 is 21.7 Å². The molecule has 0 bridgehead atoms. The minimum Gasteiger partial charge on any atom is -0.367 e. The second kappa shape index (κ2) is 5.03. The third-order valence-corrected chi connectivity index (χ3v) is 2.91. The van der Waals surface area contributed by atoms with Crippen LogP contribution in [0.4, 0.5) is 4.39 Å². The molecule has 1 heterocycles. The van der Waals surface area contributed by atoms with Crippen LogP contribution in [0, 0.1) is 5.82 Å². The van der Waals surface area contributed by atoms with Crippen molar-refractivity contribution in [1.29, 1.82) is 0 Å². The lowest BCUT2D eigenvalue weighted by molar-refractivity contribution is 0.0266. The van der Waals surface area contributed by atoms with Crippen LogP contribution in [0.1, 0.15) is 10.4 Å². The van der Waals surface area contributed by atoms with Gasteiger partial charge in [0.15, 0.2) is 5.78 Å². The van der Waals surface area contributed by atoms with E-state index in [-0.39, 0.29) is 11.3 Å². The monoisotopic (exact) mass is 287 g/mol. The van der Waals surface area contributed by atoms with Crippen molar-refractivity contribution in [3.63, 3.8) is 0 Å². The van der Waals surface area contributed by atoms with Gasteiger partial charge in [0.1, 0.15) is 11.9 Å². The molecule has 0 spiro atoms. The van der Waals surface area contributed by atoms with E-state index in [2.05, 4.69) is 21.2 Å². The van der Waals surface area contributed by atoms with E-state index in [4.69, 9.17) is 4.74 Å². The Morgan fingerprint density at radius 1 is 1.56 bits per heavy atom. The largest absolute Gasteiger partial charge is 0.367 e. The third kappa shape index (κ3) is 2.48. The van der Waals surface area contributed by atoms with Crippen LogP contribution in [-0.4, -0.2) is 31.6 Å². The Hall–Kier alpha value is -0.780. The Kier molecular flexibility index (Phi) is 3.68. The summed E-state index contributed by atoms with van der Waals surface area (Å²) in [5.74, 6) is -0.826. The van der Waals surface area contributed by atoms with Crippen molar-refractivity contribution in [2.45, 2.75) is 6.10 Å². The first-order valence-electron chi connectivity index (χ1n) is 5.00. The second-order valence-corrected chi connectivity index (χ2v) is 4.47. The van der Waals surface area contributed by atoms with Gasteiger partial charge < -0.3 is 10.1 Å². The zero-order valence-electron chi connectivity index (χ0n) is 8.50. The Balaban J connectivity index is 2.22. The highest BCUT2D eigenvalue weighted by atomic mass is 79.9. The van der Waals surface area contributed by atoms with Crippen molar-refractivity contribution in [3.05, 3.63) is 34.1 Å². The quantitative estimate of drug-likeness (QED) is 0.843. The number of nitrogens with one attached hydrogen (secondary N) is 1. The number of carbonyl (C=O) groups excluding carboxylic acids is 1. The molecule has 1 aliphatic rings. The maximum Gasteiger partial charge on any atom is 0.195 e.